The fraction of sp³-hybridized carbons (Fsp3) is 0.923. The van der Waals surface area contributed by atoms with E-state index in [1.54, 1.807) is 4.90 Å². The van der Waals surface area contributed by atoms with Crippen LogP contribution in [0.2, 0.25) is 0 Å². The van der Waals surface area contributed by atoms with E-state index in [1.807, 2.05) is 13.8 Å². The third-order valence-corrected chi connectivity index (χ3v) is 3.24. The molecule has 0 aromatic carbocycles. The van der Waals surface area contributed by atoms with Crippen molar-refractivity contribution in [3.63, 3.8) is 0 Å². The fourth-order valence-electron chi connectivity index (χ4n) is 2.20. The first-order chi connectivity index (χ1) is 8.65. The Balaban J connectivity index is 2.21. The first-order valence-corrected chi connectivity index (χ1v) is 6.87. The molecule has 5 nitrogen and oxygen atoms in total. The molecule has 0 atom stereocenters. The summed E-state index contributed by atoms with van der Waals surface area (Å²) in [5, 5.41) is 12.2. The predicted octanol–water partition coefficient (Wildman–Crippen LogP) is 0.374. The van der Waals surface area contributed by atoms with Crippen LogP contribution in [0.25, 0.3) is 0 Å². The van der Waals surface area contributed by atoms with Crippen molar-refractivity contribution in [2.75, 3.05) is 32.8 Å². The minimum Gasteiger partial charge on any atom is -0.395 e. The molecular formula is C13H26N2O3. The largest absolute Gasteiger partial charge is 0.395 e. The van der Waals surface area contributed by atoms with Gasteiger partial charge in [-0.2, -0.15) is 0 Å². The van der Waals surface area contributed by atoms with E-state index in [0.29, 0.717) is 25.7 Å². The third-order valence-electron chi connectivity index (χ3n) is 3.24. The summed E-state index contributed by atoms with van der Waals surface area (Å²) >= 11 is 0. The number of carbonyl (C=O) groups is 1. The van der Waals surface area contributed by atoms with Gasteiger partial charge in [-0.05, 0) is 39.8 Å². The molecule has 0 radical (unpaired) electrons. The van der Waals surface area contributed by atoms with E-state index in [2.05, 4.69) is 5.32 Å². The number of ether oxygens (including phenoxy) is 1. The van der Waals surface area contributed by atoms with Crippen LogP contribution >= 0.6 is 0 Å². The van der Waals surface area contributed by atoms with Crippen LogP contribution in [0.4, 0.5) is 0 Å². The summed E-state index contributed by atoms with van der Waals surface area (Å²) in [4.78, 5) is 13.6. The number of aliphatic hydroxyl groups excluding tert-OH is 1. The van der Waals surface area contributed by atoms with Gasteiger partial charge in [0.25, 0.3) is 0 Å². The SMILES string of the molecule is CC(C)N(CCO)C(=O)CCOC1CCNCC1. The number of amides is 1. The van der Waals surface area contributed by atoms with E-state index in [-0.39, 0.29) is 18.6 Å². The van der Waals surface area contributed by atoms with Gasteiger partial charge in [-0.25, -0.2) is 0 Å². The van der Waals surface area contributed by atoms with Gasteiger partial charge in [-0.15, -0.1) is 0 Å². The molecule has 0 aromatic heterocycles. The summed E-state index contributed by atoms with van der Waals surface area (Å²) in [5.74, 6) is 0.0629. The quantitative estimate of drug-likeness (QED) is 0.693. The van der Waals surface area contributed by atoms with E-state index in [4.69, 9.17) is 9.84 Å². The zero-order valence-corrected chi connectivity index (χ0v) is 11.5. The smallest absolute Gasteiger partial charge is 0.225 e. The Bertz CT molecular complexity index is 240. The van der Waals surface area contributed by atoms with E-state index >= 15 is 0 Å². The highest BCUT2D eigenvalue weighted by Crippen LogP contribution is 2.08. The highest BCUT2D eigenvalue weighted by molar-refractivity contribution is 5.76. The molecule has 1 heterocycles. The fourth-order valence-corrected chi connectivity index (χ4v) is 2.20. The van der Waals surface area contributed by atoms with Crippen LogP contribution < -0.4 is 5.32 Å². The number of carbonyl (C=O) groups excluding carboxylic acids is 1. The van der Waals surface area contributed by atoms with Crippen molar-refractivity contribution >= 4 is 5.91 Å². The first-order valence-electron chi connectivity index (χ1n) is 6.87. The first kappa shape index (κ1) is 15.4. The number of rotatable bonds is 7. The van der Waals surface area contributed by atoms with Crippen LogP contribution in [0.1, 0.15) is 33.1 Å². The lowest BCUT2D eigenvalue weighted by Crippen LogP contribution is -2.40. The normalized spacial score (nSPS) is 17.1. The third kappa shape index (κ3) is 5.33. The molecule has 1 rings (SSSR count). The van der Waals surface area contributed by atoms with E-state index < -0.39 is 0 Å². The minimum absolute atomic E-state index is 0.0130. The Morgan fingerprint density at radius 2 is 2.11 bits per heavy atom. The molecule has 18 heavy (non-hydrogen) atoms. The van der Waals surface area contributed by atoms with Gasteiger partial charge in [0.15, 0.2) is 0 Å². The molecular weight excluding hydrogens is 232 g/mol. The molecule has 0 aliphatic carbocycles. The van der Waals surface area contributed by atoms with Crippen molar-refractivity contribution < 1.29 is 14.6 Å². The van der Waals surface area contributed by atoms with Gasteiger partial charge in [0, 0.05) is 12.6 Å². The maximum absolute atomic E-state index is 11.9. The summed E-state index contributed by atoms with van der Waals surface area (Å²) < 4.78 is 5.71. The van der Waals surface area contributed by atoms with Gasteiger partial charge in [-0.3, -0.25) is 4.79 Å². The lowest BCUT2D eigenvalue weighted by atomic mass is 10.1. The number of hydrogen-bond donors (Lipinski definition) is 2. The molecule has 1 aliphatic rings. The average Bonchev–Trinajstić information content (AvgIpc) is 2.36. The molecule has 1 fully saturated rings. The molecule has 1 saturated heterocycles. The van der Waals surface area contributed by atoms with Crippen LogP contribution in [0.3, 0.4) is 0 Å². The number of nitrogens with one attached hydrogen (secondary N) is 1. The summed E-state index contributed by atoms with van der Waals surface area (Å²) in [6.07, 6.45) is 2.75. The Labute approximate surface area is 109 Å². The van der Waals surface area contributed by atoms with Crippen molar-refractivity contribution in [1.29, 1.82) is 0 Å². The minimum atomic E-state index is 0.0130. The lowest BCUT2D eigenvalue weighted by Gasteiger charge is -2.27. The van der Waals surface area contributed by atoms with E-state index in [1.165, 1.54) is 0 Å². The van der Waals surface area contributed by atoms with Gasteiger partial charge < -0.3 is 20.1 Å². The topological polar surface area (TPSA) is 61.8 Å². The molecule has 5 heteroatoms. The maximum Gasteiger partial charge on any atom is 0.225 e. The van der Waals surface area contributed by atoms with E-state index in [0.717, 1.165) is 25.9 Å². The monoisotopic (exact) mass is 258 g/mol. The standard InChI is InChI=1S/C13H26N2O3/c1-11(2)15(8-9-16)13(17)5-10-18-12-3-6-14-7-4-12/h11-12,14,16H,3-10H2,1-2H3. The second kappa shape index (κ2) is 8.45. The van der Waals surface area contributed by atoms with Crippen LogP contribution in [0, 0.1) is 0 Å². The van der Waals surface area contributed by atoms with Crippen LogP contribution in [-0.4, -0.2) is 60.9 Å². The molecule has 0 saturated carbocycles. The molecule has 0 spiro atoms. The molecule has 106 valence electrons. The van der Waals surface area contributed by atoms with Gasteiger partial charge in [-0.1, -0.05) is 0 Å². The molecule has 0 unspecified atom stereocenters. The zero-order chi connectivity index (χ0) is 13.4. The maximum atomic E-state index is 11.9. The summed E-state index contributed by atoms with van der Waals surface area (Å²) in [5.41, 5.74) is 0. The Morgan fingerprint density at radius 3 is 2.67 bits per heavy atom. The Hall–Kier alpha value is -0.650. The van der Waals surface area contributed by atoms with Crippen LogP contribution in [0.15, 0.2) is 0 Å². The van der Waals surface area contributed by atoms with Crippen molar-refractivity contribution in [3.05, 3.63) is 0 Å². The molecule has 0 bridgehead atoms. The summed E-state index contributed by atoms with van der Waals surface area (Å²) in [6.45, 7) is 6.83. The molecule has 1 aliphatic heterocycles. The van der Waals surface area contributed by atoms with Crippen molar-refractivity contribution in [2.45, 2.75) is 45.3 Å². The number of piperidine rings is 1. The number of aliphatic hydroxyl groups is 1. The summed E-state index contributed by atoms with van der Waals surface area (Å²) in [7, 11) is 0. The zero-order valence-electron chi connectivity index (χ0n) is 11.5. The van der Waals surface area contributed by atoms with Crippen molar-refractivity contribution in [2.24, 2.45) is 0 Å². The highest BCUT2D eigenvalue weighted by atomic mass is 16.5. The number of nitrogens with zero attached hydrogens (tertiary/aromatic N) is 1. The second-order valence-corrected chi connectivity index (χ2v) is 4.97. The highest BCUT2D eigenvalue weighted by Gasteiger charge is 2.17. The Morgan fingerprint density at radius 1 is 1.44 bits per heavy atom. The predicted molar refractivity (Wildman–Crippen MR) is 70.4 cm³/mol. The van der Waals surface area contributed by atoms with Crippen molar-refractivity contribution in [3.8, 4) is 0 Å². The Kier molecular flexibility index (Phi) is 7.23. The van der Waals surface area contributed by atoms with Crippen molar-refractivity contribution in [1.82, 2.24) is 10.2 Å². The lowest BCUT2D eigenvalue weighted by molar-refractivity contribution is -0.135. The molecule has 1 amide bonds. The van der Waals surface area contributed by atoms with Crippen LogP contribution in [-0.2, 0) is 9.53 Å². The second-order valence-electron chi connectivity index (χ2n) is 4.97. The molecule has 2 N–H and O–H groups in total. The van der Waals surface area contributed by atoms with Gasteiger partial charge >= 0.3 is 0 Å². The average molecular weight is 258 g/mol. The van der Waals surface area contributed by atoms with E-state index in [9.17, 15) is 4.79 Å². The number of hydrogen-bond acceptors (Lipinski definition) is 4. The summed E-state index contributed by atoms with van der Waals surface area (Å²) in [6, 6.07) is 0.128. The van der Waals surface area contributed by atoms with Crippen LogP contribution in [0.5, 0.6) is 0 Å². The molecule has 0 aromatic rings. The van der Waals surface area contributed by atoms with Gasteiger partial charge in [0.2, 0.25) is 5.91 Å². The van der Waals surface area contributed by atoms with Gasteiger partial charge in [0.1, 0.15) is 0 Å². The van der Waals surface area contributed by atoms with Gasteiger partial charge in [0.05, 0.1) is 25.7 Å².